The van der Waals surface area contributed by atoms with Gasteiger partial charge in [0.1, 0.15) is 0 Å². The standard InChI is InChI=1S/C20H28N4O/c1-22(2)13-14-24(19-5-3-4-6-19)20(25)18-9-7-17(8-10-18)15-23-12-11-21-16-23/h7-12,16,19H,3-6,13-15H2,1-2H3. The molecule has 0 bridgehead atoms. The van der Waals surface area contributed by atoms with Crippen LogP contribution in [0, 0.1) is 0 Å². The van der Waals surface area contributed by atoms with Crippen molar-refractivity contribution in [2.45, 2.75) is 38.3 Å². The van der Waals surface area contributed by atoms with Gasteiger partial charge in [-0.1, -0.05) is 25.0 Å². The molecule has 1 aromatic heterocycles. The minimum atomic E-state index is 0.169. The molecule has 0 unspecified atom stereocenters. The van der Waals surface area contributed by atoms with Crippen molar-refractivity contribution in [2.24, 2.45) is 0 Å². The highest BCUT2D eigenvalue weighted by atomic mass is 16.2. The van der Waals surface area contributed by atoms with Crippen LogP contribution in [-0.2, 0) is 6.54 Å². The molecule has 0 aliphatic heterocycles. The van der Waals surface area contributed by atoms with Gasteiger partial charge in [0.2, 0.25) is 0 Å². The maximum Gasteiger partial charge on any atom is 0.254 e. The first-order valence-electron chi connectivity index (χ1n) is 9.14. The van der Waals surface area contributed by atoms with Crippen LogP contribution in [0.4, 0.5) is 0 Å². The lowest BCUT2D eigenvalue weighted by atomic mass is 10.1. The number of aromatic nitrogens is 2. The van der Waals surface area contributed by atoms with Crippen molar-refractivity contribution >= 4 is 5.91 Å². The quantitative estimate of drug-likeness (QED) is 0.778. The lowest BCUT2D eigenvalue weighted by molar-refractivity contribution is 0.0667. The van der Waals surface area contributed by atoms with Crippen molar-refractivity contribution < 1.29 is 4.79 Å². The summed E-state index contributed by atoms with van der Waals surface area (Å²) in [7, 11) is 4.12. The van der Waals surface area contributed by atoms with Gasteiger partial charge < -0.3 is 14.4 Å². The lowest BCUT2D eigenvalue weighted by Crippen LogP contribution is -2.42. The highest BCUT2D eigenvalue weighted by Gasteiger charge is 2.27. The van der Waals surface area contributed by atoms with Gasteiger partial charge in [0, 0.05) is 43.6 Å². The van der Waals surface area contributed by atoms with Gasteiger partial charge in [-0.15, -0.1) is 0 Å². The number of imidazole rings is 1. The highest BCUT2D eigenvalue weighted by Crippen LogP contribution is 2.25. The van der Waals surface area contributed by atoms with Crippen LogP contribution in [0.3, 0.4) is 0 Å². The van der Waals surface area contributed by atoms with Crippen LogP contribution in [0.15, 0.2) is 43.0 Å². The number of carbonyl (C=O) groups excluding carboxylic acids is 1. The third kappa shape index (κ3) is 4.69. The van der Waals surface area contributed by atoms with Gasteiger partial charge in [-0.05, 0) is 44.6 Å². The summed E-state index contributed by atoms with van der Waals surface area (Å²) < 4.78 is 2.03. The van der Waals surface area contributed by atoms with Crippen molar-refractivity contribution in [1.29, 1.82) is 0 Å². The number of benzene rings is 1. The number of likely N-dealkylation sites (N-methyl/N-ethyl adjacent to an activating group) is 1. The van der Waals surface area contributed by atoms with Crippen LogP contribution in [0.2, 0.25) is 0 Å². The molecular weight excluding hydrogens is 312 g/mol. The van der Waals surface area contributed by atoms with Gasteiger partial charge in [-0.3, -0.25) is 4.79 Å². The maximum atomic E-state index is 13.1. The SMILES string of the molecule is CN(C)CCN(C(=O)c1ccc(Cn2ccnc2)cc1)C1CCCC1. The first-order chi connectivity index (χ1) is 12.1. The summed E-state index contributed by atoms with van der Waals surface area (Å²) in [5, 5.41) is 0. The Labute approximate surface area is 150 Å². The minimum absolute atomic E-state index is 0.169. The molecule has 5 heteroatoms. The van der Waals surface area contributed by atoms with Crippen LogP contribution < -0.4 is 0 Å². The Kier molecular flexibility index (Phi) is 5.87. The predicted octanol–water partition coefficient (Wildman–Crippen LogP) is 2.88. The second kappa shape index (κ2) is 8.30. The molecule has 0 radical (unpaired) electrons. The fourth-order valence-corrected chi connectivity index (χ4v) is 3.48. The molecule has 0 spiro atoms. The summed E-state index contributed by atoms with van der Waals surface area (Å²) in [5.41, 5.74) is 1.97. The third-order valence-electron chi connectivity index (χ3n) is 4.94. The van der Waals surface area contributed by atoms with E-state index >= 15 is 0 Å². The molecule has 0 N–H and O–H groups in total. The second-order valence-electron chi connectivity index (χ2n) is 7.17. The van der Waals surface area contributed by atoms with Crippen molar-refractivity contribution in [3.63, 3.8) is 0 Å². The van der Waals surface area contributed by atoms with Crippen LogP contribution >= 0.6 is 0 Å². The summed E-state index contributed by atoms with van der Waals surface area (Å²) in [4.78, 5) is 21.4. The molecule has 1 aliphatic rings. The van der Waals surface area contributed by atoms with E-state index in [0.717, 1.165) is 38.0 Å². The summed E-state index contributed by atoms with van der Waals surface area (Å²) >= 11 is 0. The first-order valence-corrected chi connectivity index (χ1v) is 9.14. The number of amides is 1. The number of nitrogens with zero attached hydrogens (tertiary/aromatic N) is 4. The fraction of sp³-hybridized carbons (Fsp3) is 0.500. The van der Waals surface area contributed by atoms with Crippen molar-refractivity contribution in [3.8, 4) is 0 Å². The highest BCUT2D eigenvalue weighted by molar-refractivity contribution is 5.94. The number of rotatable bonds is 7. The lowest BCUT2D eigenvalue weighted by Gasteiger charge is -2.30. The Morgan fingerprint density at radius 1 is 1.16 bits per heavy atom. The molecule has 0 atom stereocenters. The van der Waals surface area contributed by atoms with Crippen LogP contribution in [-0.4, -0.2) is 58.5 Å². The number of carbonyl (C=O) groups is 1. The van der Waals surface area contributed by atoms with E-state index in [9.17, 15) is 4.79 Å². The molecule has 1 amide bonds. The van der Waals surface area contributed by atoms with E-state index in [0.29, 0.717) is 6.04 Å². The largest absolute Gasteiger partial charge is 0.334 e. The number of hydrogen-bond acceptors (Lipinski definition) is 3. The minimum Gasteiger partial charge on any atom is -0.334 e. The third-order valence-corrected chi connectivity index (χ3v) is 4.94. The van der Waals surface area contributed by atoms with Gasteiger partial charge >= 0.3 is 0 Å². The van der Waals surface area contributed by atoms with Gasteiger partial charge in [0.25, 0.3) is 5.91 Å². The van der Waals surface area contributed by atoms with E-state index < -0.39 is 0 Å². The Bertz CT molecular complexity index is 658. The zero-order chi connectivity index (χ0) is 17.6. The van der Waals surface area contributed by atoms with E-state index in [4.69, 9.17) is 0 Å². The first kappa shape index (κ1) is 17.7. The topological polar surface area (TPSA) is 41.4 Å². The molecule has 0 saturated heterocycles. The molecule has 3 rings (SSSR count). The average molecular weight is 340 g/mol. The van der Waals surface area contributed by atoms with Gasteiger partial charge in [-0.25, -0.2) is 4.98 Å². The molecule has 25 heavy (non-hydrogen) atoms. The summed E-state index contributed by atoms with van der Waals surface area (Å²) in [6.07, 6.45) is 10.3. The zero-order valence-corrected chi connectivity index (χ0v) is 15.3. The monoisotopic (exact) mass is 340 g/mol. The molecule has 1 fully saturated rings. The van der Waals surface area contributed by atoms with Crippen LogP contribution in [0.5, 0.6) is 0 Å². The van der Waals surface area contributed by atoms with E-state index in [-0.39, 0.29) is 5.91 Å². The van der Waals surface area contributed by atoms with E-state index in [2.05, 4.69) is 28.9 Å². The van der Waals surface area contributed by atoms with Gasteiger partial charge in [0.05, 0.1) is 6.33 Å². The summed E-state index contributed by atoms with van der Waals surface area (Å²) in [6, 6.07) is 8.43. The van der Waals surface area contributed by atoms with E-state index in [1.54, 1.807) is 6.20 Å². The van der Waals surface area contributed by atoms with E-state index in [1.165, 1.54) is 18.4 Å². The molecule has 1 heterocycles. The molecular formula is C20H28N4O. The Morgan fingerprint density at radius 2 is 1.88 bits per heavy atom. The van der Waals surface area contributed by atoms with E-state index in [1.807, 2.05) is 41.4 Å². The Morgan fingerprint density at radius 3 is 2.48 bits per heavy atom. The molecule has 1 aromatic carbocycles. The van der Waals surface area contributed by atoms with Crippen molar-refractivity contribution in [2.75, 3.05) is 27.2 Å². The van der Waals surface area contributed by atoms with Gasteiger partial charge in [0.15, 0.2) is 0 Å². The molecule has 5 nitrogen and oxygen atoms in total. The fourth-order valence-electron chi connectivity index (χ4n) is 3.48. The summed E-state index contributed by atoms with van der Waals surface area (Å²) in [5.74, 6) is 0.169. The second-order valence-corrected chi connectivity index (χ2v) is 7.17. The normalized spacial score (nSPS) is 15.0. The summed E-state index contributed by atoms with van der Waals surface area (Å²) in [6.45, 7) is 2.48. The van der Waals surface area contributed by atoms with Crippen LogP contribution in [0.1, 0.15) is 41.6 Å². The predicted molar refractivity (Wildman–Crippen MR) is 99.6 cm³/mol. The molecule has 2 aromatic rings. The Balaban J connectivity index is 1.69. The average Bonchev–Trinajstić information content (AvgIpc) is 3.29. The van der Waals surface area contributed by atoms with Crippen molar-refractivity contribution in [1.82, 2.24) is 19.4 Å². The van der Waals surface area contributed by atoms with Crippen molar-refractivity contribution in [3.05, 3.63) is 54.1 Å². The maximum absolute atomic E-state index is 13.1. The number of hydrogen-bond donors (Lipinski definition) is 0. The van der Waals surface area contributed by atoms with Crippen LogP contribution in [0.25, 0.3) is 0 Å². The smallest absolute Gasteiger partial charge is 0.254 e. The molecule has 1 saturated carbocycles. The molecule has 1 aliphatic carbocycles. The zero-order valence-electron chi connectivity index (χ0n) is 15.3. The van der Waals surface area contributed by atoms with Gasteiger partial charge in [-0.2, -0.15) is 0 Å². The molecule has 134 valence electrons. The Hall–Kier alpha value is -2.14.